The Balaban J connectivity index is 2.04. The van der Waals surface area contributed by atoms with Crippen molar-refractivity contribution >= 4 is 5.78 Å². The lowest BCUT2D eigenvalue weighted by atomic mass is 9.85. The van der Waals surface area contributed by atoms with Crippen molar-refractivity contribution in [2.24, 2.45) is 5.92 Å². The molecule has 0 unspecified atom stereocenters. The average Bonchev–Trinajstić information content (AvgIpc) is 2.36. The molecule has 1 aromatic carbocycles. The summed E-state index contributed by atoms with van der Waals surface area (Å²) < 4.78 is 0. The number of Topliss-reactive ketones (excluding diaryl/α,β-unsaturated/α-hetero) is 1. The molecule has 2 nitrogen and oxygen atoms in total. The Morgan fingerprint density at radius 1 is 1.15 bits per heavy atom. The summed E-state index contributed by atoms with van der Waals surface area (Å²) in [6, 6.07) is 4.19. The molecule has 0 heterocycles. The zero-order chi connectivity index (χ0) is 14.7. The Bertz CT molecular complexity index is 488. The van der Waals surface area contributed by atoms with Gasteiger partial charge in [0.1, 0.15) is 0 Å². The third kappa shape index (κ3) is 3.49. The first-order valence-electron chi connectivity index (χ1n) is 7.84. The van der Waals surface area contributed by atoms with E-state index in [9.17, 15) is 4.79 Å². The van der Waals surface area contributed by atoms with E-state index < -0.39 is 0 Å². The van der Waals surface area contributed by atoms with Gasteiger partial charge in [-0.25, -0.2) is 0 Å². The molecule has 0 spiro atoms. The fourth-order valence-corrected chi connectivity index (χ4v) is 2.90. The van der Waals surface area contributed by atoms with Gasteiger partial charge in [-0.3, -0.25) is 9.69 Å². The van der Waals surface area contributed by atoms with Gasteiger partial charge in [0.25, 0.3) is 0 Å². The first kappa shape index (κ1) is 15.2. The van der Waals surface area contributed by atoms with Gasteiger partial charge >= 0.3 is 0 Å². The van der Waals surface area contributed by atoms with Crippen LogP contribution in [0.2, 0.25) is 0 Å². The van der Waals surface area contributed by atoms with Crippen molar-refractivity contribution in [1.82, 2.24) is 4.90 Å². The second-order valence-corrected chi connectivity index (χ2v) is 6.30. The molecule has 1 aliphatic carbocycles. The first-order chi connectivity index (χ1) is 9.51. The average molecular weight is 273 g/mol. The molecule has 2 heteroatoms. The lowest BCUT2D eigenvalue weighted by Gasteiger charge is -2.31. The summed E-state index contributed by atoms with van der Waals surface area (Å²) in [5.74, 6) is 1.09. The summed E-state index contributed by atoms with van der Waals surface area (Å²) in [6.07, 6.45) is 4.05. The van der Waals surface area contributed by atoms with Crippen LogP contribution in [-0.4, -0.2) is 30.3 Å². The van der Waals surface area contributed by atoms with Gasteiger partial charge in [0, 0.05) is 12.1 Å². The Morgan fingerprint density at radius 2 is 1.80 bits per heavy atom. The molecule has 0 aliphatic heterocycles. The predicted molar refractivity (Wildman–Crippen MR) is 84.4 cm³/mol. The third-order valence-electron chi connectivity index (χ3n) is 4.70. The van der Waals surface area contributed by atoms with Gasteiger partial charge in [-0.1, -0.05) is 19.4 Å². The number of hydrogen-bond acceptors (Lipinski definition) is 2. The predicted octanol–water partition coefficient (Wildman–Crippen LogP) is 3.92. The van der Waals surface area contributed by atoms with E-state index in [4.69, 9.17) is 0 Å². The number of aryl methyl sites for hydroxylation is 3. The van der Waals surface area contributed by atoms with Gasteiger partial charge in [0.05, 0.1) is 6.54 Å². The Morgan fingerprint density at radius 3 is 2.35 bits per heavy atom. The number of ketones is 1. The molecule has 0 amide bonds. The summed E-state index contributed by atoms with van der Waals surface area (Å²) in [5.41, 5.74) is 4.49. The summed E-state index contributed by atoms with van der Waals surface area (Å²) >= 11 is 0. The molecule has 0 aromatic heterocycles. The molecule has 20 heavy (non-hydrogen) atoms. The van der Waals surface area contributed by atoms with Crippen molar-refractivity contribution in [3.8, 4) is 0 Å². The molecule has 1 fully saturated rings. The van der Waals surface area contributed by atoms with E-state index in [1.165, 1.54) is 30.4 Å². The summed E-state index contributed by atoms with van der Waals surface area (Å²) in [5, 5.41) is 0. The normalized spacial score (nSPS) is 15.4. The molecule has 0 atom stereocenters. The standard InChI is InChI=1S/C18H27NO/c1-5-19(11-16-7-6-8-16)12-18(20)17-10-14(3)13(2)9-15(17)4/h9-10,16H,5-8,11-12H2,1-4H3. The van der Waals surface area contributed by atoms with Crippen LogP contribution in [0.5, 0.6) is 0 Å². The Hall–Kier alpha value is -1.15. The molecule has 1 aliphatic rings. The van der Waals surface area contributed by atoms with Crippen LogP contribution in [-0.2, 0) is 0 Å². The molecule has 0 saturated heterocycles. The van der Waals surface area contributed by atoms with Crippen LogP contribution in [0.25, 0.3) is 0 Å². The molecular weight excluding hydrogens is 246 g/mol. The number of benzene rings is 1. The lowest BCUT2D eigenvalue weighted by molar-refractivity contribution is 0.0904. The maximum absolute atomic E-state index is 12.5. The maximum atomic E-state index is 12.5. The Labute approximate surface area is 123 Å². The number of likely N-dealkylation sites (N-methyl/N-ethyl adjacent to an activating group) is 1. The van der Waals surface area contributed by atoms with Crippen molar-refractivity contribution in [3.05, 3.63) is 34.4 Å². The topological polar surface area (TPSA) is 20.3 Å². The second-order valence-electron chi connectivity index (χ2n) is 6.30. The molecule has 0 N–H and O–H groups in total. The van der Waals surface area contributed by atoms with Gasteiger partial charge in [-0.15, -0.1) is 0 Å². The van der Waals surface area contributed by atoms with E-state index in [-0.39, 0.29) is 5.78 Å². The molecular formula is C18H27NO. The quantitative estimate of drug-likeness (QED) is 0.732. The molecule has 0 radical (unpaired) electrons. The van der Waals surface area contributed by atoms with E-state index in [0.717, 1.165) is 30.1 Å². The molecule has 1 aromatic rings. The van der Waals surface area contributed by atoms with E-state index in [1.54, 1.807) is 0 Å². The van der Waals surface area contributed by atoms with Gasteiger partial charge in [-0.2, -0.15) is 0 Å². The first-order valence-corrected chi connectivity index (χ1v) is 7.84. The van der Waals surface area contributed by atoms with Crippen LogP contribution in [0, 0.1) is 26.7 Å². The Kier molecular flexibility index (Phi) is 4.98. The van der Waals surface area contributed by atoms with Crippen molar-refractivity contribution < 1.29 is 4.79 Å². The third-order valence-corrected chi connectivity index (χ3v) is 4.70. The van der Waals surface area contributed by atoms with Crippen LogP contribution in [0.1, 0.15) is 53.2 Å². The van der Waals surface area contributed by atoms with Crippen LogP contribution < -0.4 is 0 Å². The number of hydrogen-bond donors (Lipinski definition) is 0. The van der Waals surface area contributed by atoms with Crippen LogP contribution in [0.3, 0.4) is 0 Å². The van der Waals surface area contributed by atoms with Crippen LogP contribution in [0.15, 0.2) is 12.1 Å². The van der Waals surface area contributed by atoms with Crippen LogP contribution in [0.4, 0.5) is 0 Å². The van der Waals surface area contributed by atoms with Gasteiger partial charge < -0.3 is 0 Å². The SMILES string of the molecule is CCN(CC(=O)c1cc(C)c(C)cc1C)CC1CCC1. The zero-order valence-electron chi connectivity index (χ0n) is 13.3. The highest BCUT2D eigenvalue weighted by molar-refractivity contribution is 5.99. The lowest BCUT2D eigenvalue weighted by Crippen LogP contribution is -2.36. The molecule has 0 bridgehead atoms. The monoisotopic (exact) mass is 273 g/mol. The molecule has 2 rings (SSSR count). The summed E-state index contributed by atoms with van der Waals surface area (Å²) in [4.78, 5) is 14.9. The van der Waals surface area contributed by atoms with E-state index in [0.29, 0.717) is 6.54 Å². The van der Waals surface area contributed by atoms with Crippen molar-refractivity contribution in [3.63, 3.8) is 0 Å². The van der Waals surface area contributed by atoms with E-state index in [1.807, 2.05) is 6.92 Å². The zero-order valence-corrected chi connectivity index (χ0v) is 13.3. The van der Waals surface area contributed by atoms with Gasteiger partial charge in [-0.05, 0) is 68.8 Å². The highest BCUT2D eigenvalue weighted by Gasteiger charge is 2.22. The molecule has 1 saturated carbocycles. The smallest absolute Gasteiger partial charge is 0.177 e. The van der Waals surface area contributed by atoms with Gasteiger partial charge in [0.15, 0.2) is 5.78 Å². The highest BCUT2D eigenvalue weighted by atomic mass is 16.1. The number of carbonyl (C=O) groups excluding carboxylic acids is 1. The fourth-order valence-electron chi connectivity index (χ4n) is 2.90. The summed E-state index contributed by atoms with van der Waals surface area (Å²) in [7, 11) is 0. The fraction of sp³-hybridized carbons (Fsp3) is 0.611. The molecule has 110 valence electrons. The van der Waals surface area contributed by atoms with Crippen LogP contribution >= 0.6 is 0 Å². The second kappa shape index (κ2) is 6.53. The highest BCUT2D eigenvalue weighted by Crippen LogP contribution is 2.27. The summed E-state index contributed by atoms with van der Waals surface area (Å²) in [6.45, 7) is 11.0. The number of carbonyl (C=O) groups is 1. The van der Waals surface area contributed by atoms with Crippen molar-refractivity contribution in [2.45, 2.75) is 47.0 Å². The van der Waals surface area contributed by atoms with Crippen molar-refractivity contribution in [2.75, 3.05) is 19.6 Å². The maximum Gasteiger partial charge on any atom is 0.177 e. The number of rotatable bonds is 6. The minimum Gasteiger partial charge on any atom is -0.296 e. The minimum absolute atomic E-state index is 0.270. The van der Waals surface area contributed by atoms with Gasteiger partial charge in [0.2, 0.25) is 0 Å². The number of nitrogens with zero attached hydrogens (tertiary/aromatic N) is 1. The van der Waals surface area contributed by atoms with E-state index >= 15 is 0 Å². The largest absolute Gasteiger partial charge is 0.296 e. The van der Waals surface area contributed by atoms with E-state index in [2.05, 4.69) is 37.8 Å². The minimum atomic E-state index is 0.270. The van der Waals surface area contributed by atoms with Crippen molar-refractivity contribution in [1.29, 1.82) is 0 Å².